The van der Waals surface area contributed by atoms with Crippen LogP contribution in [0.5, 0.6) is 11.5 Å². The van der Waals surface area contributed by atoms with Crippen molar-refractivity contribution in [3.63, 3.8) is 0 Å². The SMILES string of the molecule is C[C@H](Cc1cccc(CC(=O)NCc2ccccc2Cl)c1)NC[C@H](O)c1cc(O)cc(O)c1. The number of phenols is 2. The number of carbonyl (C=O) groups excluding carboxylic acids is 1. The Kier molecular flexibility index (Phi) is 8.72. The van der Waals surface area contributed by atoms with Gasteiger partial charge < -0.3 is 26.0 Å². The van der Waals surface area contributed by atoms with E-state index in [9.17, 15) is 20.1 Å². The van der Waals surface area contributed by atoms with E-state index in [0.29, 0.717) is 23.6 Å². The molecule has 0 bridgehead atoms. The van der Waals surface area contributed by atoms with Gasteiger partial charge in [-0.05, 0) is 53.8 Å². The summed E-state index contributed by atoms with van der Waals surface area (Å²) in [4.78, 5) is 12.4. The molecule has 0 spiro atoms. The molecule has 0 unspecified atom stereocenters. The molecule has 0 fully saturated rings. The largest absolute Gasteiger partial charge is 0.508 e. The number of amides is 1. The van der Waals surface area contributed by atoms with Crippen molar-refractivity contribution in [3.8, 4) is 11.5 Å². The Balaban J connectivity index is 1.48. The Morgan fingerprint density at radius 3 is 2.39 bits per heavy atom. The lowest BCUT2D eigenvalue weighted by molar-refractivity contribution is -0.120. The number of nitrogens with one attached hydrogen (secondary N) is 2. The second-order valence-corrected chi connectivity index (χ2v) is 8.58. The summed E-state index contributed by atoms with van der Waals surface area (Å²) in [5.41, 5.74) is 3.32. The minimum atomic E-state index is -0.862. The average Bonchev–Trinajstić information content (AvgIpc) is 2.76. The highest BCUT2D eigenvalue weighted by atomic mass is 35.5. The van der Waals surface area contributed by atoms with Crippen LogP contribution >= 0.6 is 11.6 Å². The van der Waals surface area contributed by atoms with Crippen molar-refractivity contribution < 1.29 is 20.1 Å². The van der Waals surface area contributed by atoms with E-state index in [2.05, 4.69) is 10.6 Å². The van der Waals surface area contributed by atoms with Crippen LogP contribution in [0.1, 0.15) is 35.3 Å². The minimum Gasteiger partial charge on any atom is -0.508 e. The highest BCUT2D eigenvalue weighted by Gasteiger charge is 2.13. The van der Waals surface area contributed by atoms with E-state index in [1.54, 1.807) is 6.07 Å². The number of aliphatic hydroxyl groups is 1. The quantitative estimate of drug-likeness (QED) is 0.311. The van der Waals surface area contributed by atoms with Crippen molar-refractivity contribution in [2.45, 2.75) is 38.5 Å². The fraction of sp³-hybridized carbons (Fsp3) is 0.269. The molecule has 6 nitrogen and oxygen atoms in total. The summed E-state index contributed by atoms with van der Waals surface area (Å²) in [6.45, 7) is 2.67. The molecule has 5 N–H and O–H groups in total. The third kappa shape index (κ3) is 7.79. The van der Waals surface area contributed by atoms with Gasteiger partial charge >= 0.3 is 0 Å². The molecule has 33 heavy (non-hydrogen) atoms. The summed E-state index contributed by atoms with van der Waals surface area (Å²) >= 11 is 6.14. The molecule has 3 aromatic carbocycles. The van der Waals surface area contributed by atoms with E-state index in [1.165, 1.54) is 18.2 Å². The van der Waals surface area contributed by atoms with Crippen LogP contribution in [-0.4, -0.2) is 33.8 Å². The molecule has 0 aliphatic carbocycles. The van der Waals surface area contributed by atoms with Gasteiger partial charge in [-0.2, -0.15) is 0 Å². The lowest BCUT2D eigenvalue weighted by Gasteiger charge is -2.18. The predicted octanol–water partition coefficient (Wildman–Crippen LogP) is 3.86. The van der Waals surface area contributed by atoms with Gasteiger partial charge in [-0.3, -0.25) is 4.79 Å². The Hall–Kier alpha value is -3.06. The summed E-state index contributed by atoms with van der Waals surface area (Å²) in [7, 11) is 0. The zero-order chi connectivity index (χ0) is 23.8. The molecule has 0 saturated carbocycles. The first kappa shape index (κ1) is 24.6. The maximum Gasteiger partial charge on any atom is 0.224 e. The number of aromatic hydroxyl groups is 2. The maximum absolute atomic E-state index is 12.4. The van der Waals surface area contributed by atoms with Gasteiger partial charge in [-0.1, -0.05) is 54.1 Å². The molecule has 0 aliphatic heterocycles. The summed E-state index contributed by atoms with van der Waals surface area (Å²) in [6, 6.07) is 19.4. The van der Waals surface area contributed by atoms with Crippen molar-refractivity contribution >= 4 is 17.5 Å². The molecule has 0 saturated heterocycles. The van der Waals surface area contributed by atoms with Crippen LogP contribution in [0.2, 0.25) is 5.02 Å². The van der Waals surface area contributed by atoms with Gasteiger partial charge in [0.25, 0.3) is 0 Å². The predicted molar refractivity (Wildman–Crippen MR) is 129 cm³/mol. The van der Waals surface area contributed by atoms with Gasteiger partial charge in [0.2, 0.25) is 5.91 Å². The Bertz CT molecular complexity index is 1070. The minimum absolute atomic E-state index is 0.0647. The molecular formula is C26H29ClN2O4. The highest BCUT2D eigenvalue weighted by molar-refractivity contribution is 6.31. The van der Waals surface area contributed by atoms with Gasteiger partial charge in [0.15, 0.2) is 0 Å². The smallest absolute Gasteiger partial charge is 0.224 e. The average molecular weight is 469 g/mol. The molecule has 7 heteroatoms. The zero-order valence-electron chi connectivity index (χ0n) is 18.5. The summed E-state index contributed by atoms with van der Waals surface area (Å²) in [6.07, 6.45) is 0.131. The third-order valence-electron chi connectivity index (χ3n) is 5.30. The second-order valence-electron chi connectivity index (χ2n) is 8.18. The number of aliphatic hydroxyl groups excluding tert-OH is 1. The highest BCUT2D eigenvalue weighted by Crippen LogP contribution is 2.24. The van der Waals surface area contributed by atoms with Crippen molar-refractivity contribution in [2.75, 3.05) is 6.54 Å². The van der Waals surface area contributed by atoms with Gasteiger partial charge in [-0.15, -0.1) is 0 Å². The molecule has 0 radical (unpaired) electrons. The van der Waals surface area contributed by atoms with Crippen LogP contribution in [-0.2, 0) is 24.2 Å². The van der Waals surface area contributed by atoms with Crippen molar-refractivity contribution in [2.24, 2.45) is 0 Å². The lowest BCUT2D eigenvalue weighted by atomic mass is 10.0. The Labute approximate surface area is 198 Å². The van der Waals surface area contributed by atoms with Gasteiger partial charge in [-0.25, -0.2) is 0 Å². The molecule has 2 atom stereocenters. The van der Waals surface area contributed by atoms with Crippen molar-refractivity contribution in [1.82, 2.24) is 10.6 Å². The molecule has 3 rings (SSSR count). The van der Waals surface area contributed by atoms with Gasteiger partial charge in [0.05, 0.1) is 12.5 Å². The first-order chi connectivity index (χ1) is 15.8. The van der Waals surface area contributed by atoms with E-state index >= 15 is 0 Å². The lowest BCUT2D eigenvalue weighted by Crippen LogP contribution is -2.32. The van der Waals surface area contributed by atoms with Crippen molar-refractivity contribution in [3.05, 3.63) is 94.0 Å². The van der Waals surface area contributed by atoms with Crippen LogP contribution in [0.25, 0.3) is 0 Å². The molecule has 0 aliphatic rings. The fourth-order valence-electron chi connectivity index (χ4n) is 3.62. The molecule has 174 valence electrons. The first-order valence-corrected chi connectivity index (χ1v) is 11.2. The second kappa shape index (κ2) is 11.7. The van der Waals surface area contributed by atoms with Crippen LogP contribution < -0.4 is 10.6 Å². The van der Waals surface area contributed by atoms with E-state index in [0.717, 1.165) is 16.7 Å². The van der Waals surface area contributed by atoms with Crippen LogP contribution in [0.4, 0.5) is 0 Å². The van der Waals surface area contributed by atoms with Crippen molar-refractivity contribution in [1.29, 1.82) is 0 Å². The van der Waals surface area contributed by atoms with E-state index in [1.807, 2.05) is 49.4 Å². The fourth-order valence-corrected chi connectivity index (χ4v) is 3.82. The number of hydrogen-bond donors (Lipinski definition) is 5. The summed E-state index contributed by atoms with van der Waals surface area (Å²) in [5, 5.41) is 36.3. The van der Waals surface area contributed by atoms with Crippen LogP contribution in [0.15, 0.2) is 66.7 Å². The Morgan fingerprint density at radius 2 is 1.67 bits per heavy atom. The Morgan fingerprint density at radius 1 is 0.970 bits per heavy atom. The molecule has 0 aromatic heterocycles. The normalized spacial score (nSPS) is 12.8. The standard InChI is InChI=1S/C26H29ClN2O4/c1-17(28-16-25(32)21-12-22(30)14-23(31)13-21)9-18-5-4-6-19(10-18)11-26(33)29-15-20-7-2-3-8-24(20)27/h2-8,10,12-14,17,25,28,30-32H,9,11,15-16H2,1H3,(H,29,33)/t17-,25+/m1/s1. The number of phenolic OH excluding ortho intramolecular Hbond substituents is 2. The topological polar surface area (TPSA) is 102 Å². The van der Waals surface area contributed by atoms with Crippen LogP contribution in [0, 0.1) is 0 Å². The van der Waals surface area contributed by atoms with Gasteiger partial charge in [0.1, 0.15) is 11.5 Å². The van der Waals surface area contributed by atoms with E-state index in [-0.39, 0.29) is 36.4 Å². The maximum atomic E-state index is 12.4. The first-order valence-electron chi connectivity index (χ1n) is 10.8. The molecular weight excluding hydrogens is 440 g/mol. The third-order valence-corrected chi connectivity index (χ3v) is 5.67. The van der Waals surface area contributed by atoms with E-state index < -0.39 is 6.10 Å². The number of benzene rings is 3. The molecule has 3 aromatic rings. The number of hydrogen-bond acceptors (Lipinski definition) is 5. The molecule has 1 amide bonds. The monoisotopic (exact) mass is 468 g/mol. The molecule has 0 heterocycles. The number of halogens is 1. The summed E-state index contributed by atoms with van der Waals surface area (Å²) in [5.74, 6) is -0.259. The van der Waals surface area contributed by atoms with E-state index in [4.69, 9.17) is 11.6 Å². The number of rotatable bonds is 10. The zero-order valence-corrected chi connectivity index (χ0v) is 19.2. The van der Waals surface area contributed by atoms with Gasteiger partial charge in [0, 0.05) is 30.2 Å². The summed E-state index contributed by atoms with van der Waals surface area (Å²) < 4.78 is 0. The van der Waals surface area contributed by atoms with Crippen LogP contribution in [0.3, 0.4) is 0 Å². The number of carbonyl (C=O) groups is 1.